The molecular weight excluding hydrogens is 414 g/mol. The number of likely N-dealkylation sites (N-methyl/N-ethyl adjacent to an activating group) is 1. The van der Waals surface area contributed by atoms with Gasteiger partial charge in [-0.1, -0.05) is 12.5 Å². The van der Waals surface area contributed by atoms with Gasteiger partial charge in [-0.25, -0.2) is 4.79 Å². The van der Waals surface area contributed by atoms with Crippen molar-refractivity contribution in [3.05, 3.63) is 29.3 Å². The molecule has 1 heterocycles. The van der Waals surface area contributed by atoms with Gasteiger partial charge in [0.2, 0.25) is 5.91 Å². The van der Waals surface area contributed by atoms with Gasteiger partial charge >= 0.3 is 12.1 Å². The van der Waals surface area contributed by atoms with Gasteiger partial charge in [0.25, 0.3) is 5.91 Å². The number of carboxylic acid groups (broad SMARTS) is 1. The lowest BCUT2D eigenvalue weighted by molar-refractivity contribution is -0.137. The van der Waals surface area contributed by atoms with Gasteiger partial charge in [0, 0.05) is 20.1 Å². The van der Waals surface area contributed by atoms with Gasteiger partial charge in [-0.05, 0) is 57.7 Å². The van der Waals surface area contributed by atoms with Gasteiger partial charge in [-0.3, -0.25) is 14.4 Å². The van der Waals surface area contributed by atoms with E-state index in [1.54, 1.807) is 19.2 Å². The Kier molecular flexibility index (Phi) is 8.63. The molecule has 0 radical (unpaired) electrons. The first-order valence-electron chi connectivity index (χ1n) is 10.9. The minimum Gasteiger partial charge on any atom is -0.481 e. The molecule has 2 N–H and O–H groups in total. The first-order chi connectivity index (χ1) is 15.0. The number of hydrogen-bond acceptors (Lipinski definition) is 5. The maximum absolute atomic E-state index is 13.0. The van der Waals surface area contributed by atoms with E-state index in [-0.39, 0.29) is 31.3 Å². The molecule has 0 unspecified atom stereocenters. The molecule has 0 atom stereocenters. The second-order valence-corrected chi connectivity index (χ2v) is 8.91. The normalized spacial score (nSPS) is 14.1. The van der Waals surface area contributed by atoms with Crippen molar-refractivity contribution in [2.75, 3.05) is 31.6 Å². The number of ether oxygens (including phenoxy) is 1. The molecule has 0 bridgehead atoms. The van der Waals surface area contributed by atoms with Crippen molar-refractivity contribution >= 4 is 29.6 Å². The molecule has 176 valence electrons. The number of anilines is 1. The van der Waals surface area contributed by atoms with E-state index in [2.05, 4.69) is 5.32 Å². The van der Waals surface area contributed by atoms with Gasteiger partial charge in [0.1, 0.15) is 12.1 Å². The van der Waals surface area contributed by atoms with Gasteiger partial charge < -0.3 is 25.0 Å². The summed E-state index contributed by atoms with van der Waals surface area (Å²) in [6.07, 6.45) is 2.69. The predicted octanol–water partition coefficient (Wildman–Crippen LogP) is 2.82. The van der Waals surface area contributed by atoms with E-state index in [9.17, 15) is 19.2 Å². The first kappa shape index (κ1) is 25.2. The smallest absolute Gasteiger partial charge is 0.407 e. The molecule has 9 heteroatoms. The number of carbonyl (C=O) groups is 4. The van der Waals surface area contributed by atoms with Crippen molar-refractivity contribution in [3.8, 4) is 0 Å². The third-order valence-electron chi connectivity index (χ3n) is 5.05. The van der Waals surface area contributed by atoms with Crippen molar-refractivity contribution < 1.29 is 29.0 Å². The highest BCUT2D eigenvalue weighted by Crippen LogP contribution is 2.26. The number of benzene rings is 1. The van der Waals surface area contributed by atoms with Crippen LogP contribution in [-0.2, 0) is 20.7 Å². The molecule has 0 saturated carbocycles. The zero-order valence-electron chi connectivity index (χ0n) is 19.3. The summed E-state index contributed by atoms with van der Waals surface area (Å²) in [6.45, 7) is 5.83. The number of amides is 3. The topological polar surface area (TPSA) is 116 Å². The predicted molar refractivity (Wildman–Crippen MR) is 120 cm³/mol. The lowest BCUT2D eigenvalue weighted by Crippen LogP contribution is -2.38. The molecule has 1 aliphatic rings. The number of unbranched alkanes of at least 4 members (excludes halogenated alkanes) is 2. The molecule has 2 rings (SSSR count). The second-order valence-electron chi connectivity index (χ2n) is 8.91. The SMILES string of the molecule is CN1C(=O)CN(CCC(=O)O)C(=O)c2cc(CCCCCNC(=O)OC(C)(C)C)ccc21. The third kappa shape index (κ3) is 7.55. The Morgan fingerprint density at radius 3 is 2.53 bits per heavy atom. The molecule has 32 heavy (non-hydrogen) atoms. The molecule has 1 aromatic rings. The Labute approximate surface area is 188 Å². The quantitative estimate of drug-likeness (QED) is 0.563. The van der Waals surface area contributed by atoms with Crippen molar-refractivity contribution in [2.24, 2.45) is 0 Å². The van der Waals surface area contributed by atoms with Gasteiger partial charge in [0.15, 0.2) is 0 Å². The standard InChI is InChI=1S/C23H33N3O6/c1-23(2,3)32-22(31)24-12-7-5-6-8-16-9-10-18-17(14-16)21(30)26(13-11-20(28)29)15-19(27)25(18)4/h9-10,14H,5-8,11-13,15H2,1-4H3,(H,24,31)(H,28,29). The molecule has 0 spiro atoms. The van der Waals surface area contributed by atoms with Crippen LogP contribution >= 0.6 is 0 Å². The number of nitrogens with zero attached hydrogens (tertiary/aromatic N) is 2. The highest BCUT2D eigenvalue weighted by atomic mass is 16.6. The van der Waals surface area contributed by atoms with E-state index in [0.29, 0.717) is 17.8 Å². The number of aryl methyl sites for hydroxylation is 1. The van der Waals surface area contributed by atoms with Crippen molar-refractivity contribution in [1.82, 2.24) is 10.2 Å². The summed E-state index contributed by atoms with van der Waals surface area (Å²) in [7, 11) is 1.62. The van der Waals surface area contributed by atoms with Crippen LogP contribution in [0.15, 0.2) is 18.2 Å². The minimum atomic E-state index is -1.02. The Hall–Kier alpha value is -3.10. The fourth-order valence-corrected chi connectivity index (χ4v) is 3.40. The van der Waals surface area contributed by atoms with Gasteiger partial charge in [0.05, 0.1) is 17.7 Å². The third-order valence-corrected chi connectivity index (χ3v) is 5.05. The lowest BCUT2D eigenvalue weighted by Gasteiger charge is -2.19. The van der Waals surface area contributed by atoms with Crippen LogP contribution in [0.4, 0.5) is 10.5 Å². The maximum Gasteiger partial charge on any atom is 0.407 e. The van der Waals surface area contributed by atoms with E-state index >= 15 is 0 Å². The molecule has 0 aromatic heterocycles. The van der Waals surface area contributed by atoms with E-state index in [1.807, 2.05) is 26.8 Å². The number of carboxylic acids is 1. The number of hydrogen-bond donors (Lipinski definition) is 2. The molecular formula is C23H33N3O6. The Morgan fingerprint density at radius 1 is 1.16 bits per heavy atom. The largest absolute Gasteiger partial charge is 0.481 e. The number of rotatable bonds is 9. The highest BCUT2D eigenvalue weighted by Gasteiger charge is 2.30. The Morgan fingerprint density at radius 2 is 1.88 bits per heavy atom. The Bertz CT molecular complexity index is 862. The Balaban J connectivity index is 1.92. The average molecular weight is 448 g/mol. The van der Waals surface area contributed by atoms with Crippen molar-refractivity contribution in [1.29, 1.82) is 0 Å². The monoisotopic (exact) mass is 447 g/mol. The molecule has 0 saturated heterocycles. The summed E-state index contributed by atoms with van der Waals surface area (Å²) < 4.78 is 5.20. The minimum absolute atomic E-state index is 0.0118. The van der Waals surface area contributed by atoms with Crippen LogP contribution in [0.5, 0.6) is 0 Å². The lowest BCUT2D eigenvalue weighted by atomic mass is 10.0. The fourth-order valence-electron chi connectivity index (χ4n) is 3.40. The second kappa shape index (κ2) is 11.0. The van der Waals surface area contributed by atoms with Crippen LogP contribution in [-0.4, -0.2) is 66.2 Å². The van der Waals surface area contributed by atoms with Crippen LogP contribution in [0.3, 0.4) is 0 Å². The summed E-state index contributed by atoms with van der Waals surface area (Å²) >= 11 is 0. The summed E-state index contributed by atoms with van der Waals surface area (Å²) in [5, 5.41) is 11.7. The molecule has 3 amide bonds. The van der Waals surface area contributed by atoms with E-state index in [4.69, 9.17) is 9.84 Å². The summed E-state index contributed by atoms with van der Waals surface area (Å²) in [5.41, 5.74) is 1.39. The van der Waals surface area contributed by atoms with E-state index in [0.717, 1.165) is 31.2 Å². The molecule has 9 nitrogen and oxygen atoms in total. The summed E-state index contributed by atoms with van der Waals surface area (Å²) in [4.78, 5) is 50.7. The fraction of sp³-hybridized carbons (Fsp3) is 0.565. The van der Waals surface area contributed by atoms with Crippen LogP contribution in [0.2, 0.25) is 0 Å². The van der Waals surface area contributed by atoms with Crippen LogP contribution in [0, 0.1) is 0 Å². The maximum atomic E-state index is 13.0. The molecule has 1 aliphatic heterocycles. The van der Waals surface area contributed by atoms with Crippen molar-refractivity contribution in [2.45, 2.75) is 58.5 Å². The number of nitrogens with one attached hydrogen (secondary N) is 1. The number of aliphatic carboxylic acids is 1. The zero-order chi connectivity index (χ0) is 23.9. The van der Waals surface area contributed by atoms with Gasteiger partial charge in [-0.2, -0.15) is 0 Å². The number of fused-ring (bicyclic) bond motifs is 1. The van der Waals surface area contributed by atoms with E-state index in [1.165, 1.54) is 9.80 Å². The molecule has 0 fully saturated rings. The first-order valence-corrected chi connectivity index (χ1v) is 10.9. The zero-order valence-corrected chi connectivity index (χ0v) is 19.3. The molecule has 0 aliphatic carbocycles. The number of alkyl carbamates (subject to hydrolysis) is 1. The average Bonchev–Trinajstić information content (AvgIpc) is 2.78. The number of carbonyl (C=O) groups excluding carboxylic acids is 3. The summed E-state index contributed by atoms with van der Waals surface area (Å²) in [5.74, 6) is -1.60. The highest BCUT2D eigenvalue weighted by molar-refractivity contribution is 6.09. The van der Waals surface area contributed by atoms with Gasteiger partial charge in [-0.15, -0.1) is 0 Å². The molecule has 1 aromatic carbocycles. The van der Waals surface area contributed by atoms with Crippen LogP contribution in [0.1, 0.15) is 62.4 Å². The van der Waals surface area contributed by atoms with Crippen LogP contribution in [0.25, 0.3) is 0 Å². The summed E-state index contributed by atoms with van der Waals surface area (Å²) in [6, 6.07) is 5.46. The van der Waals surface area contributed by atoms with Crippen LogP contribution < -0.4 is 10.2 Å². The van der Waals surface area contributed by atoms with Crippen molar-refractivity contribution in [3.63, 3.8) is 0 Å². The van der Waals surface area contributed by atoms with E-state index < -0.39 is 17.7 Å².